The van der Waals surface area contributed by atoms with Crippen molar-refractivity contribution in [2.75, 3.05) is 0 Å². The van der Waals surface area contributed by atoms with E-state index in [1.807, 2.05) is 0 Å². The van der Waals surface area contributed by atoms with Gasteiger partial charge in [-0.05, 0) is 10.6 Å². The van der Waals surface area contributed by atoms with Crippen LogP contribution in [0.25, 0.3) is 0 Å². The molecule has 0 radical (unpaired) electrons. The third kappa shape index (κ3) is 3.51. The average molecular weight is 197 g/mol. The Balaban J connectivity index is 4.96. The van der Waals surface area contributed by atoms with Gasteiger partial charge in [0.25, 0.3) is 0 Å². The van der Waals surface area contributed by atoms with Gasteiger partial charge in [0.1, 0.15) is 0 Å². The molecule has 0 aromatic carbocycles. The highest BCUT2D eigenvalue weighted by Gasteiger charge is 2.31. The van der Waals surface area contributed by atoms with E-state index in [9.17, 15) is 0 Å². The molecule has 0 saturated heterocycles. The van der Waals surface area contributed by atoms with Gasteiger partial charge in [-0.2, -0.15) is 0 Å². The minimum absolute atomic E-state index is 0.0941. The lowest BCUT2D eigenvalue weighted by Gasteiger charge is -2.33. The second-order valence-electron chi connectivity index (χ2n) is 5.68. The van der Waals surface area contributed by atoms with Gasteiger partial charge in [0.15, 0.2) is 0 Å². The van der Waals surface area contributed by atoms with Crippen LogP contribution in [0.3, 0.4) is 0 Å². The van der Waals surface area contributed by atoms with Crippen molar-refractivity contribution in [3.63, 3.8) is 0 Å². The maximum Gasteiger partial charge on any atom is 0.0844 e. The summed E-state index contributed by atoms with van der Waals surface area (Å²) in [5, 5.41) is 1.25. The average Bonchev–Trinajstić information content (AvgIpc) is 1.83. The van der Waals surface area contributed by atoms with Crippen LogP contribution in [0.4, 0.5) is 0 Å². The second kappa shape index (κ2) is 3.83. The quantitative estimate of drug-likeness (QED) is 0.534. The lowest BCUT2D eigenvalue weighted by Crippen LogP contribution is -2.44. The molecule has 0 unspecified atom stereocenters. The van der Waals surface area contributed by atoms with Gasteiger partial charge in [-0.3, -0.25) is 0 Å². The zero-order valence-electron chi connectivity index (χ0n) is 9.86. The van der Waals surface area contributed by atoms with E-state index in [2.05, 4.69) is 52.7 Å². The maximum atomic E-state index is 6.19. The Morgan fingerprint density at radius 2 is 1.69 bits per heavy atom. The summed E-state index contributed by atoms with van der Waals surface area (Å²) in [6.45, 7) is 17.1. The minimum atomic E-state index is -1.34. The monoisotopic (exact) mass is 197 g/mol. The van der Waals surface area contributed by atoms with E-state index in [0.29, 0.717) is 0 Å². The summed E-state index contributed by atoms with van der Waals surface area (Å²) in [7, 11) is -1.34. The topological polar surface area (TPSA) is 26.0 Å². The molecule has 0 aromatic heterocycles. The van der Waals surface area contributed by atoms with Crippen LogP contribution in [0.5, 0.6) is 0 Å². The predicted molar refractivity (Wildman–Crippen MR) is 63.4 cm³/mol. The van der Waals surface area contributed by atoms with E-state index in [1.54, 1.807) is 0 Å². The molecule has 2 heteroatoms. The van der Waals surface area contributed by atoms with Crippen molar-refractivity contribution in [1.82, 2.24) is 0 Å². The standard InChI is InChI=1S/C11H23NSi/c1-8-9(13(5,6)7)10(12)11(2,3)4/h10H,1,12H2,2-7H3/t10-/m1/s1. The van der Waals surface area contributed by atoms with Crippen molar-refractivity contribution >= 4 is 8.07 Å². The molecule has 0 aliphatic heterocycles. The molecule has 0 aliphatic rings. The van der Waals surface area contributed by atoms with E-state index >= 15 is 0 Å². The first-order chi connectivity index (χ1) is 5.60. The van der Waals surface area contributed by atoms with Gasteiger partial charge in [-0.15, -0.1) is 5.73 Å². The lowest BCUT2D eigenvalue weighted by atomic mass is 9.87. The van der Waals surface area contributed by atoms with Gasteiger partial charge in [0.05, 0.1) is 8.07 Å². The molecule has 0 aromatic rings. The Morgan fingerprint density at radius 1 is 1.31 bits per heavy atom. The van der Waals surface area contributed by atoms with Crippen LogP contribution in [0, 0.1) is 5.41 Å². The van der Waals surface area contributed by atoms with E-state index in [4.69, 9.17) is 5.73 Å². The van der Waals surface area contributed by atoms with E-state index in [1.165, 1.54) is 5.20 Å². The SMILES string of the molecule is C=C=C([C@@H](N)C(C)(C)C)[Si](C)(C)C. The highest BCUT2D eigenvalue weighted by atomic mass is 28.3. The van der Waals surface area contributed by atoms with Gasteiger partial charge >= 0.3 is 0 Å². The molecule has 0 rings (SSSR count). The fraction of sp³-hybridized carbons (Fsp3) is 0.727. The van der Waals surface area contributed by atoms with Gasteiger partial charge in [-0.25, -0.2) is 0 Å². The molecule has 0 fully saturated rings. The normalized spacial score (nSPS) is 15.0. The zero-order chi connectivity index (χ0) is 10.9. The molecule has 0 amide bonds. The highest BCUT2D eigenvalue weighted by Crippen LogP contribution is 2.27. The third-order valence-corrected chi connectivity index (χ3v) is 4.35. The van der Waals surface area contributed by atoms with Gasteiger partial charge in [0.2, 0.25) is 0 Å². The first-order valence-corrected chi connectivity index (χ1v) is 8.26. The summed E-state index contributed by atoms with van der Waals surface area (Å²) in [5.41, 5.74) is 9.35. The van der Waals surface area contributed by atoms with Crippen molar-refractivity contribution in [1.29, 1.82) is 0 Å². The fourth-order valence-electron chi connectivity index (χ4n) is 1.27. The first kappa shape index (κ1) is 12.7. The second-order valence-corrected chi connectivity index (χ2v) is 10.7. The lowest BCUT2D eigenvalue weighted by molar-refractivity contribution is 0.360. The zero-order valence-corrected chi connectivity index (χ0v) is 10.9. The Kier molecular flexibility index (Phi) is 3.74. The van der Waals surface area contributed by atoms with Crippen LogP contribution in [-0.2, 0) is 0 Å². The summed E-state index contributed by atoms with van der Waals surface area (Å²) in [4.78, 5) is 0. The Hall–Kier alpha value is -0.303. The van der Waals surface area contributed by atoms with E-state index < -0.39 is 8.07 Å². The molecule has 0 aliphatic carbocycles. The van der Waals surface area contributed by atoms with Crippen LogP contribution < -0.4 is 5.73 Å². The highest BCUT2D eigenvalue weighted by molar-refractivity contribution is 6.83. The largest absolute Gasteiger partial charge is 0.324 e. The molecular formula is C11H23NSi. The summed E-state index contributed by atoms with van der Waals surface area (Å²) in [6, 6.07) is 0.0941. The van der Waals surface area contributed by atoms with Crippen molar-refractivity contribution in [3.8, 4) is 0 Å². The first-order valence-electron chi connectivity index (χ1n) is 4.76. The minimum Gasteiger partial charge on any atom is -0.324 e. The fourth-order valence-corrected chi connectivity index (χ4v) is 3.17. The Labute approximate surface area is 83.7 Å². The predicted octanol–water partition coefficient (Wildman–Crippen LogP) is 2.95. The van der Waals surface area contributed by atoms with E-state index in [0.717, 1.165) is 0 Å². The molecule has 0 heterocycles. The molecule has 0 spiro atoms. The van der Waals surface area contributed by atoms with Crippen LogP contribution in [-0.4, -0.2) is 14.1 Å². The molecule has 1 atom stereocenters. The van der Waals surface area contributed by atoms with E-state index in [-0.39, 0.29) is 11.5 Å². The summed E-state index contributed by atoms with van der Waals surface area (Å²) < 4.78 is 0. The van der Waals surface area contributed by atoms with Gasteiger partial charge in [-0.1, -0.05) is 47.0 Å². The number of nitrogens with two attached hydrogens (primary N) is 1. The molecular weight excluding hydrogens is 174 g/mol. The summed E-state index contributed by atoms with van der Waals surface area (Å²) in [6.07, 6.45) is 0. The molecule has 0 saturated carbocycles. The van der Waals surface area contributed by atoms with Gasteiger partial charge < -0.3 is 5.73 Å². The molecule has 1 nitrogen and oxygen atoms in total. The smallest absolute Gasteiger partial charge is 0.0844 e. The van der Waals surface area contributed by atoms with Crippen molar-refractivity contribution in [2.45, 2.75) is 46.5 Å². The molecule has 13 heavy (non-hydrogen) atoms. The Morgan fingerprint density at radius 3 is 1.77 bits per heavy atom. The number of rotatable bonds is 2. The van der Waals surface area contributed by atoms with Crippen LogP contribution >= 0.6 is 0 Å². The van der Waals surface area contributed by atoms with Crippen LogP contribution in [0.2, 0.25) is 19.6 Å². The summed E-state index contributed by atoms with van der Waals surface area (Å²) >= 11 is 0. The van der Waals surface area contributed by atoms with Gasteiger partial charge in [0, 0.05) is 6.04 Å². The van der Waals surface area contributed by atoms with Crippen LogP contribution in [0.1, 0.15) is 20.8 Å². The van der Waals surface area contributed by atoms with Crippen molar-refractivity contribution < 1.29 is 0 Å². The number of hydrogen-bond donors (Lipinski definition) is 1. The maximum absolute atomic E-state index is 6.19. The van der Waals surface area contributed by atoms with Crippen molar-refractivity contribution in [2.24, 2.45) is 11.1 Å². The molecule has 0 bridgehead atoms. The summed E-state index contributed by atoms with van der Waals surface area (Å²) in [5.74, 6) is 0. The molecule has 76 valence electrons. The van der Waals surface area contributed by atoms with Crippen molar-refractivity contribution in [3.05, 3.63) is 17.5 Å². The third-order valence-electron chi connectivity index (χ3n) is 2.24. The van der Waals surface area contributed by atoms with Crippen LogP contribution in [0.15, 0.2) is 17.5 Å². The number of hydrogen-bond acceptors (Lipinski definition) is 1. The molecule has 2 N–H and O–H groups in total. The Bertz CT molecular complexity index is 223.